The van der Waals surface area contributed by atoms with Crippen molar-refractivity contribution in [3.8, 4) is 0 Å². The number of hydrogen-bond donors (Lipinski definition) is 2. The number of nitrogens with one attached hydrogen (secondary N) is 2. The molecular weight excluding hydrogens is 244 g/mol. The Morgan fingerprint density at radius 1 is 1.58 bits per heavy atom. The SMILES string of the molecule is C/C(=N\NC(=O)c1cc(C2CC2)[nH]n1)c1ccco1. The van der Waals surface area contributed by atoms with Crippen molar-refractivity contribution in [3.63, 3.8) is 0 Å². The van der Waals surface area contributed by atoms with Gasteiger partial charge in [0.15, 0.2) is 5.69 Å². The topological polar surface area (TPSA) is 83.3 Å². The fourth-order valence-electron chi connectivity index (χ4n) is 1.79. The molecule has 1 fully saturated rings. The Balaban J connectivity index is 1.65. The van der Waals surface area contributed by atoms with Crippen LogP contribution in [0, 0.1) is 0 Å². The zero-order valence-corrected chi connectivity index (χ0v) is 10.5. The number of carbonyl (C=O) groups excluding carboxylic acids is 1. The van der Waals surface area contributed by atoms with Gasteiger partial charge in [-0.25, -0.2) is 5.43 Å². The summed E-state index contributed by atoms with van der Waals surface area (Å²) in [7, 11) is 0. The zero-order chi connectivity index (χ0) is 13.2. The van der Waals surface area contributed by atoms with E-state index in [1.165, 1.54) is 12.8 Å². The van der Waals surface area contributed by atoms with Crippen LogP contribution in [0.3, 0.4) is 0 Å². The Morgan fingerprint density at radius 3 is 3.11 bits per heavy atom. The Kier molecular flexibility index (Phi) is 2.91. The molecule has 0 unspecified atom stereocenters. The Morgan fingerprint density at radius 2 is 2.42 bits per heavy atom. The summed E-state index contributed by atoms with van der Waals surface area (Å²) in [5.74, 6) is 0.845. The van der Waals surface area contributed by atoms with Crippen LogP contribution in [0.5, 0.6) is 0 Å². The Bertz CT molecular complexity index is 608. The number of nitrogens with zero attached hydrogens (tertiary/aromatic N) is 2. The average molecular weight is 258 g/mol. The summed E-state index contributed by atoms with van der Waals surface area (Å²) in [6.07, 6.45) is 3.89. The van der Waals surface area contributed by atoms with Crippen LogP contribution in [0.4, 0.5) is 0 Å². The normalized spacial score (nSPS) is 15.5. The van der Waals surface area contributed by atoms with Gasteiger partial charge in [0, 0.05) is 11.6 Å². The van der Waals surface area contributed by atoms with Crippen molar-refractivity contribution in [2.45, 2.75) is 25.7 Å². The van der Waals surface area contributed by atoms with Crippen LogP contribution in [-0.4, -0.2) is 21.8 Å². The number of carbonyl (C=O) groups is 1. The van der Waals surface area contributed by atoms with Crippen molar-refractivity contribution in [1.82, 2.24) is 15.6 Å². The summed E-state index contributed by atoms with van der Waals surface area (Å²) in [6, 6.07) is 5.33. The van der Waals surface area contributed by atoms with Gasteiger partial charge in [0.1, 0.15) is 11.5 Å². The lowest BCUT2D eigenvalue weighted by atomic mass is 10.2. The maximum Gasteiger partial charge on any atom is 0.291 e. The molecule has 1 saturated carbocycles. The molecular formula is C13H14N4O2. The Labute approximate surface area is 109 Å². The molecule has 1 amide bonds. The van der Waals surface area contributed by atoms with Crippen molar-refractivity contribution in [2.75, 3.05) is 0 Å². The number of H-pyrrole nitrogens is 1. The summed E-state index contributed by atoms with van der Waals surface area (Å²) in [6.45, 7) is 1.76. The first kappa shape index (κ1) is 11.7. The van der Waals surface area contributed by atoms with Crippen LogP contribution in [0.1, 0.15) is 47.6 Å². The highest BCUT2D eigenvalue weighted by atomic mass is 16.3. The van der Waals surface area contributed by atoms with Gasteiger partial charge >= 0.3 is 0 Å². The number of rotatable bonds is 4. The maximum atomic E-state index is 11.8. The molecule has 2 heterocycles. The molecule has 6 heteroatoms. The lowest BCUT2D eigenvalue weighted by molar-refractivity contribution is 0.0950. The zero-order valence-electron chi connectivity index (χ0n) is 10.5. The molecule has 0 radical (unpaired) electrons. The van der Waals surface area contributed by atoms with Crippen molar-refractivity contribution >= 4 is 11.6 Å². The van der Waals surface area contributed by atoms with Gasteiger partial charge in [0.25, 0.3) is 5.91 Å². The van der Waals surface area contributed by atoms with Crippen LogP contribution in [0.15, 0.2) is 34.0 Å². The predicted molar refractivity (Wildman–Crippen MR) is 68.9 cm³/mol. The summed E-state index contributed by atoms with van der Waals surface area (Å²) in [5.41, 5.74) is 4.46. The molecule has 2 N–H and O–H groups in total. The van der Waals surface area contributed by atoms with Gasteiger partial charge in [-0.3, -0.25) is 9.89 Å². The first-order valence-electron chi connectivity index (χ1n) is 6.18. The van der Waals surface area contributed by atoms with Gasteiger partial charge in [-0.2, -0.15) is 10.2 Å². The summed E-state index contributed by atoms with van der Waals surface area (Å²) in [5, 5.41) is 10.9. The molecule has 2 aromatic heterocycles. The van der Waals surface area contributed by atoms with Crippen molar-refractivity contribution in [3.05, 3.63) is 41.6 Å². The third-order valence-electron chi connectivity index (χ3n) is 3.05. The van der Waals surface area contributed by atoms with Crippen LogP contribution in [0.2, 0.25) is 0 Å². The van der Waals surface area contributed by atoms with Crippen LogP contribution < -0.4 is 5.43 Å². The minimum atomic E-state index is -0.325. The van der Waals surface area contributed by atoms with Crippen molar-refractivity contribution < 1.29 is 9.21 Å². The molecule has 98 valence electrons. The van der Waals surface area contributed by atoms with Crippen molar-refractivity contribution in [1.29, 1.82) is 0 Å². The molecule has 19 heavy (non-hydrogen) atoms. The van der Waals surface area contributed by atoms with E-state index in [4.69, 9.17) is 4.42 Å². The van der Waals surface area contributed by atoms with E-state index >= 15 is 0 Å². The summed E-state index contributed by atoms with van der Waals surface area (Å²) >= 11 is 0. The number of hydrogen-bond acceptors (Lipinski definition) is 4. The molecule has 0 saturated heterocycles. The second-order valence-corrected chi connectivity index (χ2v) is 4.60. The molecule has 0 bridgehead atoms. The first-order chi connectivity index (χ1) is 9.24. The molecule has 3 rings (SSSR count). The van der Waals surface area contributed by atoms with E-state index < -0.39 is 0 Å². The smallest absolute Gasteiger partial charge is 0.291 e. The third-order valence-corrected chi connectivity index (χ3v) is 3.05. The lowest BCUT2D eigenvalue weighted by Crippen LogP contribution is -2.19. The lowest BCUT2D eigenvalue weighted by Gasteiger charge is -1.97. The minimum absolute atomic E-state index is 0.325. The van der Waals surface area contributed by atoms with E-state index in [-0.39, 0.29) is 5.91 Å². The average Bonchev–Trinajstić information content (AvgIpc) is 2.96. The van der Waals surface area contributed by atoms with Gasteiger partial charge in [-0.15, -0.1) is 0 Å². The molecule has 1 aliphatic carbocycles. The standard InChI is InChI=1S/C13H14N4O2/c1-8(12-3-2-6-19-12)14-17-13(18)11-7-10(15-16-11)9-4-5-9/h2-3,6-7,9H,4-5H2,1H3,(H,15,16)(H,17,18)/b14-8+. The highest BCUT2D eigenvalue weighted by Crippen LogP contribution is 2.38. The van der Waals surface area contributed by atoms with E-state index in [2.05, 4.69) is 20.7 Å². The fraction of sp³-hybridized carbons (Fsp3) is 0.308. The van der Waals surface area contributed by atoms with Crippen LogP contribution in [-0.2, 0) is 0 Å². The quantitative estimate of drug-likeness (QED) is 0.650. The number of aromatic nitrogens is 2. The van der Waals surface area contributed by atoms with E-state index in [9.17, 15) is 4.79 Å². The second-order valence-electron chi connectivity index (χ2n) is 4.60. The number of aromatic amines is 1. The van der Waals surface area contributed by atoms with Gasteiger partial charge in [-0.1, -0.05) is 0 Å². The van der Waals surface area contributed by atoms with Gasteiger partial charge < -0.3 is 4.42 Å². The van der Waals surface area contributed by atoms with Gasteiger partial charge in [0.05, 0.1) is 6.26 Å². The molecule has 2 aromatic rings. The van der Waals surface area contributed by atoms with E-state index in [0.29, 0.717) is 23.1 Å². The molecule has 0 aromatic carbocycles. The van der Waals surface area contributed by atoms with Crippen molar-refractivity contribution in [2.24, 2.45) is 5.10 Å². The highest BCUT2D eigenvalue weighted by molar-refractivity contribution is 5.98. The van der Waals surface area contributed by atoms with E-state index in [1.807, 2.05) is 0 Å². The third kappa shape index (κ3) is 2.57. The summed E-state index contributed by atoms with van der Waals surface area (Å²) in [4.78, 5) is 11.8. The largest absolute Gasteiger partial charge is 0.463 e. The van der Waals surface area contributed by atoms with Crippen LogP contribution in [0.25, 0.3) is 0 Å². The molecule has 6 nitrogen and oxygen atoms in total. The predicted octanol–water partition coefficient (Wildman–Crippen LogP) is 2.03. The summed E-state index contributed by atoms with van der Waals surface area (Å²) < 4.78 is 5.17. The molecule has 1 aliphatic rings. The van der Waals surface area contributed by atoms with Crippen LogP contribution >= 0.6 is 0 Å². The van der Waals surface area contributed by atoms with Gasteiger partial charge in [0.2, 0.25) is 0 Å². The monoisotopic (exact) mass is 258 g/mol. The Hall–Kier alpha value is -2.37. The molecule has 0 atom stereocenters. The van der Waals surface area contributed by atoms with Gasteiger partial charge in [-0.05, 0) is 38.0 Å². The number of furan rings is 1. The fourth-order valence-corrected chi connectivity index (χ4v) is 1.79. The first-order valence-corrected chi connectivity index (χ1v) is 6.18. The van der Waals surface area contributed by atoms with E-state index in [0.717, 1.165) is 5.69 Å². The highest BCUT2D eigenvalue weighted by Gasteiger charge is 2.26. The molecule has 0 spiro atoms. The maximum absolute atomic E-state index is 11.8. The minimum Gasteiger partial charge on any atom is -0.463 e. The number of amides is 1. The number of hydrazone groups is 1. The second kappa shape index (κ2) is 4.72. The van der Waals surface area contributed by atoms with E-state index in [1.54, 1.807) is 31.4 Å². The molecule has 0 aliphatic heterocycles.